The van der Waals surface area contributed by atoms with E-state index in [-0.39, 0.29) is 5.91 Å². The fourth-order valence-electron chi connectivity index (χ4n) is 2.53. The number of carbonyl (C=O) groups is 1. The number of carbonyl (C=O) groups excluding carboxylic acids is 1. The largest absolute Gasteiger partial charge is 0.416 e. The number of amides is 1. The lowest BCUT2D eigenvalue weighted by atomic mass is 10.0. The third kappa shape index (κ3) is 2.91. The van der Waals surface area contributed by atoms with Gasteiger partial charge in [-0.15, -0.1) is 0 Å². The molecule has 0 N–H and O–H groups in total. The van der Waals surface area contributed by atoms with Gasteiger partial charge in [0.1, 0.15) is 0 Å². The molecule has 0 radical (unpaired) electrons. The van der Waals surface area contributed by atoms with Crippen LogP contribution in [0.2, 0.25) is 0 Å². The van der Waals surface area contributed by atoms with Crippen molar-refractivity contribution in [2.45, 2.75) is 6.18 Å². The summed E-state index contributed by atoms with van der Waals surface area (Å²) in [5.74, 6) is -0.240. The highest BCUT2D eigenvalue weighted by atomic mass is 79.9. The second-order valence-corrected chi connectivity index (χ2v) is 6.12. The van der Waals surface area contributed by atoms with Crippen molar-refractivity contribution in [2.24, 2.45) is 0 Å². The Bertz CT molecular complexity index is 827. The van der Waals surface area contributed by atoms with Crippen LogP contribution in [0.4, 0.5) is 18.9 Å². The summed E-state index contributed by atoms with van der Waals surface area (Å²) >= 11 is 3.35. The van der Waals surface area contributed by atoms with E-state index in [0.29, 0.717) is 16.7 Å². The molecule has 1 aliphatic heterocycles. The van der Waals surface area contributed by atoms with E-state index >= 15 is 0 Å². The Balaban J connectivity index is 2.11. The van der Waals surface area contributed by atoms with Crippen LogP contribution < -0.4 is 4.90 Å². The van der Waals surface area contributed by atoms with Gasteiger partial charge in [0.05, 0.1) is 11.3 Å². The summed E-state index contributed by atoms with van der Waals surface area (Å²) in [5, 5.41) is 0. The lowest BCUT2D eigenvalue weighted by molar-refractivity contribution is -0.137. The third-order valence-corrected chi connectivity index (χ3v) is 4.16. The summed E-state index contributed by atoms with van der Waals surface area (Å²) in [4.78, 5) is 13.9. The smallest absolute Gasteiger partial charge is 0.311 e. The Morgan fingerprint density at radius 1 is 1.13 bits per heavy atom. The van der Waals surface area contributed by atoms with Crippen molar-refractivity contribution in [3.05, 3.63) is 63.6 Å². The van der Waals surface area contributed by atoms with Crippen LogP contribution in [0, 0.1) is 0 Å². The van der Waals surface area contributed by atoms with Crippen molar-refractivity contribution in [2.75, 3.05) is 11.9 Å². The molecule has 0 unspecified atom stereocenters. The summed E-state index contributed by atoms with van der Waals surface area (Å²) < 4.78 is 39.2. The van der Waals surface area contributed by atoms with Gasteiger partial charge in [-0.3, -0.25) is 4.79 Å². The van der Waals surface area contributed by atoms with Gasteiger partial charge < -0.3 is 4.90 Å². The van der Waals surface area contributed by atoms with Gasteiger partial charge in [-0.05, 0) is 42.0 Å². The molecule has 2 aromatic carbocycles. The average molecular weight is 382 g/mol. The van der Waals surface area contributed by atoms with E-state index in [1.165, 1.54) is 17.0 Å². The summed E-state index contributed by atoms with van der Waals surface area (Å²) in [5.41, 5.74) is 1.41. The van der Waals surface area contributed by atoms with E-state index in [4.69, 9.17) is 0 Å². The minimum atomic E-state index is -4.41. The monoisotopic (exact) mass is 381 g/mol. The molecule has 23 heavy (non-hydrogen) atoms. The number of likely N-dealkylation sites (N-methyl/N-ethyl adjacent to an activating group) is 1. The maximum Gasteiger partial charge on any atom is 0.416 e. The quantitative estimate of drug-likeness (QED) is 0.637. The van der Waals surface area contributed by atoms with E-state index in [2.05, 4.69) is 15.9 Å². The molecule has 0 aromatic heterocycles. The number of hydrogen-bond acceptors (Lipinski definition) is 1. The highest BCUT2D eigenvalue weighted by molar-refractivity contribution is 9.10. The molecular formula is C17H11BrF3NO. The van der Waals surface area contributed by atoms with Crippen molar-refractivity contribution >= 4 is 39.2 Å². The Kier molecular flexibility index (Phi) is 3.80. The molecule has 0 saturated carbocycles. The zero-order chi connectivity index (χ0) is 16.8. The lowest BCUT2D eigenvalue weighted by Crippen LogP contribution is -2.20. The summed E-state index contributed by atoms with van der Waals surface area (Å²) in [6.45, 7) is 0. The molecule has 0 fully saturated rings. The van der Waals surface area contributed by atoms with Crippen molar-refractivity contribution in [3.63, 3.8) is 0 Å². The molecule has 3 rings (SSSR count). The van der Waals surface area contributed by atoms with E-state index in [0.717, 1.165) is 22.3 Å². The maximum absolute atomic E-state index is 12.8. The van der Waals surface area contributed by atoms with Crippen LogP contribution in [0.15, 0.2) is 46.9 Å². The van der Waals surface area contributed by atoms with Crippen LogP contribution in [0.3, 0.4) is 0 Å². The van der Waals surface area contributed by atoms with Crippen molar-refractivity contribution in [1.29, 1.82) is 0 Å². The lowest BCUT2D eigenvalue weighted by Gasteiger charge is -2.08. The topological polar surface area (TPSA) is 20.3 Å². The number of alkyl halides is 3. The highest BCUT2D eigenvalue weighted by Gasteiger charge is 2.32. The van der Waals surface area contributed by atoms with Gasteiger partial charge in [0.15, 0.2) is 0 Å². The van der Waals surface area contributed by atoms with Crippen molar-refractivity contribution < 1.29 is 18.0 Å². The molecule has 6 heteroatoms. The fourth-order valence-corrected chi connectivity index (χ4v) is 2.89. The number of anilines is 1. The Morgan fingerprint density at radius 3 is 2.57 bits per heavy atom. The van der Waals surface area contributed by atoms with Gasteiger partial charge in [-0.2, -0.15) is 13.2 Å². The second-order valence-electron chi connectivity index (χ2n) is 5.21. The summed E-state index contributed by atoms with van der Waals surface area (Å²) in [6, 6.07) is 10.3. The molecule has 0 atom stereocenters. The van der Waals surface area contributed by atoms with Crippen molar-refractivity contribution in [3.8, 4) is 0 Å². The van der Waals surface area contributed by atoms with E-state index in [9.17, 15) is 18.0 Å². The summed E-state index contributed by atoms with van der Waals surface area (Å²) in [7, 11) is 1.64. The van der Waals surface area contributed by atoms with Crippen molar-refractivity contribution in [1.82, 2.24) is 0 Å². The standard InChI is InChI=1S/C17H11BrF3NO/c1-22-15-6-5-12(18)9-13(15)14(16(22)23)8-10-3-2-4-11(7-10)17(19,20)21/h2-9H,1H3/b14-8-. The predicted molar refractivity (Wildman–Crippen MR) is 86.9 cm³/mol. The number of benzene rings is 2. The van der Waals surface area contributed by atoms with Gasteiger partial charge in [-0.25, -0.2) is 0 Å². The Morgan fingerprint density at radius 2 is 1.87 bits per heavy atom. The molecule has 0 bridgehead atoms. The molecule has 1 amide bonds. The van der Waals surface area contributed by atoms with Crippen LogP contribution >= 0.6 is 15.9 Å². The van der Waals surface area contributed by atoms with Gasteiger partial charge in [0.25, 0.3) is 5.91 Å². The zero-order valence-corrected chi connectivity index (χ0v) is 13.6. The minimum Gasteiger partial charge on any atom is -0.311 e. The molecule has 0 aliphatic carbocycles. The third-order valence-electron chi connectivity index (χ3n) is 3.67. The van der Waals surface area contributed by atoms with Gasteiger partial charge >= 0.3 is 6.18 Å². The minimum absolute atomic E-state index is 0.240. The van der Waals surface area contributed by atoms with Crippen LogP contribution in [0.1, 0.15) is 16.7 Å². The van der Waals surface area contributed by atoms with Crippen LogP contribution in [0.5, 0.6) is 0 Å². The van der Waals surface area contributed by atoms with Crippen LogP contribution in [0.25, 0.3) is 11.6 Å². The Hall–Kier alpha value is -2.08. The Labute approximate surface area is 139 Å². The molecule has 2 aromatic rings. The predicted octanol–water partition coefficient (Wildman–Crippen LogP) is 4.98. The summed E-state index contributed by atoms with van der Waals surface area (Å²) in [6.07, 6.45) is -2.92. The molecule has 0 spiro atoms. The van der Waals surface area contributed by atoms with E-state index in [1.54, 1.807) is 25.2 Å². The van der Waals surface area contributed by atoms with E-state index in [1.807, 2.05) is 6.07 Å². The second kappa shape index (κ2) is 5.53. The molecule has 0 saturated heterocycles. The van der Waals surface area contributed by atoms with E-state index < -0.39 is 11.7 Å². The molecule has 2 nitrogen and oxygen atoms in total. The number of hydrogen-bond donors (Lipinski definition) is 0. The van der Waals surface area contributed by atoms with Crippen LogP contribution in [-0.4, -0.2) is 13.0 Å². The number of rotatable bonds is 1. The zero-order valence-electron chi connectivity index (χ0n) is 12.0. The fraction of sp³-hybridized carbons (Fsp3) is 0.118. The number of fused-ring (bicyclic) bond motifs is 1. The highest BCUT2D eigenvalue weighted by Crippen LogP contribution is 2.39. The first kappa shape index (κ1) is 15.8. The number of halogens is 4. The first-order valence-electron chi connectivity index (χ1n) is 6.74. The molecular weight excluding hydrogens is 371 g/mol. The normalized spacial score (nSPS) is 16.1. The maximum atomic E-state index is 12.8. The molecule has 1 heterocycles. The van der Waals surface area contributed by atoms with Gasteiger partial charge in [0, 0.05) is 22.7 Å². The first-order valence-corrected chi connectivity index (χ1v) is 7.53. The van der Waals surface area contributed by atoms with Gasteiger partial charge in [-0.1, -0.05) is 28.1 Å². The first-order chi connectivity index (χ1) is 10.8. The average Bonchev–Trinajstić information content (AvgIpc) is 2.71. The van der Waals surface area contributed by atoms with Crippen LogP contribution in [-0.2, 0) is 11.0 Å². The SMILES string of the molecule is CN1C(=O)/C(=C\c2cccc(C(F)(F)F)c2)c2cc(Br)ccc21. The molecule has 1 aliphatic rings. The molecule has 118 valence electrons. The van der Waals surface area contributed by atoms with Gasteiger partial charge in [0.2, 0.25) is 0 Å². The number of nitrogens with zero attached hydrogens (tertiary/aromatic N) is 1.